The van der Waals surface area contributed by atoms with Crippen LogP contribution in [0.25, 0.3) is 10.9 Å². The summed E-state index contributed by atoms with van der Waals surface area (Å²) in [5.74, 6) is -0.0436. The van der Waals surface area contributed by atoms with Crippen LogP contribution < -0.4 is 4.74 Å². The predicted octanol–water partition coefficient (Wildman–Crippen LogP) is 3.53. The lowest BCUT2D eigenvalue weighted by Crippen LogP contribution is -2.04. The van der Waals surface area contributed by atoms with Crippen molar-refractivity contribution in [2.24, 2.45) is 0 Å². The lowest BCUT2D eigenvalue weighted by atomic mass is 10.2. The molecule has 0 fully saturated rings. The molecule has 0 bridgehead atoms. The van der Waals surface area contributed by atoms with Crippen molar-refractivity contribution in [2.75, 3.05) is 0 Å². The van der Waals surface area contributed by atoms with Crippen LogP contribution in [0.4, 0.5) is 4.79 Å². The summed E-state index contributed by atoms with van der Waals surface area (Å²) in [6.07, 6.45) is 0.228. The Kier molecular flexibility index (Phi) is 2.46. The zero-order valence-corrected chi connectivity index (χ0v) is 8.76. The first-order valence-corrected chi connectivity index (χ1v) is 4.71. The second kappa shape index (κ2) is 3.64. The lowest BCUT2D eigenvalue weighted by molar-refractivity contribution is 0.144. The zero-order valence-electron chi connectivity index (χ0n) is 7.25. The molecule has 0 radical (unpaired) electrons. The van der Waals surface area contributed by atoms with Crippen molar-refractivity contribution in [2.45, 2.75) is 0 Å². The summed E-state index contributed by atoms with van der Waals surface area (Å²) in [4.78, 5) is 13.3. The number of hydrogen-bond acceptors (Lipinski definition) is 2. The Balaban J connectivity index is 2.66. The van der Waals surface area contributed by atoms with E-state index < -0.39 is 6.16 Å². The molecule has 0 atom stereocenters. The Hall–Kier alpha value is -1.39. The first-order valence-electron chi connectivity index (χ1n) is 3.95. The van der Waals surface area contributed by atoms with Gasteiger partial charge in [-0.25, -0.2) is 4.79 Å². The number of rotatable bonds is 1. The number of halogens is 2. The molecule has 1 heterocycles. The number of nitrogens with one attached hydrogen (secondary N) is 1. The Labute approximate surface area is 94.4 Å². The molecular weight excluding hydrogens is 241 g/mol. The number of aromatic nitrogens is 1. The summed E-state index contributed by atoms with van der Waals surface area (Å²) < 4.78 is 4.49. The third-order valence-corrected chi connectivity index (χ3v) is 2.55. The van der Waals surface area contributed by atoms with Crippen LogP contribution in [-0.2, 0) is 0 Å². The van der Waals surface area contributed by atoms with Gasteiger partial charge in [0.2, 0.25) is 0 Å². The van der Waals surface area contributed by atoms with Crippen LogP contribution in [0, 0.1) is 0 Å². The highest BCUT2D eigenvalue weighted by atomic mass is 35.5. The quantitative estimate of drug-likeness (QED) is 0.597. The van der Waals surface area contributed by atoms with Gasteiger partial charge in [0, 0.05) is 17.1 Å². The van der Waals surface area contributed by atoms with Crippen molar-refractivity contribution in [3.05, 3.63) is 28.4 Å². The van der Waals surface area contributed by atoms with Gasteiger partial charge < -0.3 is 14.8 Å². The van der Waals surface area contributed by atoms with E-state index in [-0.39, 0.29) is 15.8 Å². The standard InChI is InChI=1S/C9H5Cl2NO3/c10-5-3-6-4(1-2-12-6)7(11)8(5)15-9(13)14/h1-3,12H,(H,13,14). The van der Waals surface area contributed by atoms with Crippen LogP contribution in [-0.4, -0.2) is 16.2 Å². The third kappa shape index (κ3) is 1.73. The Morgan fingerprint density at radius 3 is 2.87 bits per heavy atom. The highest BCUT2D eigenvalue weighted by Crippen LogP contribution is 2.38. The first-order chi connectivity index (χ1) is 7.09. The van der Waals surface area contributed by atoms with E-state index in [0.29, 0.717) is 5.39 Å². The molecule has 2 rings (SSSR count). The van der Waals surface area contributed by atoms with Crippen LogP contribution >= 0.6 is 23.2 Å². The number of H-pyrrole nitrogens is 1. The molecule has 2 aromatic rings. The smallest absolute Gasteiger partial charge is 0.449 e. The van der Waals surface area contributed by atoms with E-state index in [0.717, 1.165) is 5.52 Å². The Morgan fingerprint density at radius 2 is 2.20 bits per heavy atom. The number of carboxylic acid groups (broad SMARTS) is 1. The second-order valence-electron chi connectivity index (χ2n) is 2.81. The normalized spacial score (nSPS) is 10.5. The summed E-state index contributed by atoms with van der Waals surface area (Å²) in [5.41, 5.74) is 0.725. The van der Waals surface area contributed by atoms with E-state index >= 15 is 0 Å². The van der Waals surface area contributed by atoms with E-state index in [4.69, 9.17) is 28.3 Å². The fraction of sp³-hybridized carbons (Fsp3) is 0. The molecule has 2 N–H and O–H groups in total. The van der Waals surface area contributed by atoms with E-state index in [2.05, 4.69) is 9.72 Å². The van der Waals surface area contributed by atoms with Gasteiger partial charge in [-0.3, -0.25) is 0 Å². The molecule has 1 aromatic heterocycles. The van der Waals surface area contributed by atoms with Crippen LogP contribution in [0.1, 0.15) is 0 Å². The van der Waals surface area contributed by atoms with Gasteiger partial charge >= 0.3 is 6.16 Å². The fourth-order valence-electron chi connectivity index (χ4n) is 1.29. The Morgan fingerprint density at radius 1 is 1.47 bits per heavy atom. The summed E-state index contributed by atoms with van der Waals surface area (Å²) in [5, 5.41) is 9.49. The largest absolute Gasteiger partial charge is 0.511 e. The molecule has 0 aliphatic carbocycles. The van der Waals surface area contributed by atoms with Crippen molar-refractivity contribution in [1.82, 2.24) is 4.98 Å². The molecule has 0 amide bonds. The van der Waals surface area contributed by atoms with Gasteiger partial charge in [0.1, 0.15) is 0 Å². The van der Waals surface area contributed by atoms with Gasteiger partial charge in [-0.2, -0.15) is 0 Å². The molecule has 6 heteroatoms. The van der Waals surface area contributed by atoms with Crippen molar-refractivity contribution in [3.63, 3.8) is 0 Å². The van der Waals surface area contributed by atoms with E-state index in [1.165, 1.54) is 0 Å². The molecule has 0 saturated carbocycles. The van der Waals surface area contributed by atoms with E-state index in [1.54, 1.807) is 18.3 Å². The van der Waals surface area contributed by atoms with Gasteiger partial charge in [0.05, 0.1) is 10.0 Å². The van der Waals surface area contributed by atoms with Gasteiger partial charge in [-0.1, -0.05) is 23.2 Å². The van der Waals surface area contributed by atoms with Crippen molar-refractivity contribution in [3.8, 4) is 5.75 Å². The average Bonchev–Trinajstić information content (AvgIpc) is 2.59. The molecule has 0 spiro atoms. The molecule has 0 aliphatic rings. The number of benzene rings is 1. The molecule has 0 saturated heterocycles. The molecule has 0 unspecified atom stereocenters. The maximum Gasteiger partial charge on any atom is 0.511 e. The summed E-state index contributed by atoms with van der Waals surface area (Å²) in [6, 6.07) is 3.27. The zero-order chi connectivity index (χ0) is 11.0. The SMILES string of the molecule is O=C(O)Oc1c(Cl)cc2[nH]ccc2c1Cl. The van der Waals surface area contributed by atoms with Crippen LogP contribution in [0.3, 0.4) is 0 Å². The minimum absolute atomic E-state index is 0.0436. The molecular formula is C9H5Cl2NO3. The second-order valence-corrected chi connectivity index (χ2v) is 3.59. The summed E-state index contributed by atoms with van der Waals surface area (Å²) in [6.45, 7) is 0. The number of ether oxygens (including phenoxy) is 1. The molecule has 78 valence electrons. The topological polar surface area (TPSA) is 62.3 Å². The summed E-state index contributed by atoms with van der Waals surface area (Å²) in [7, 11) is 0. The number of hydrogen-bond donors (Lipinski definition) is 2. The lowest BCUT2D eigenvalue weighted by Gasteiger charge is -2.05. The van der Waals surface area contributed by atoms with E-state index in [9.17, 15) is 4.79 Å². The molecule has 15 heavy (non-hydrogen) atoms. The average molecular weight is 246 g/mol. The van der Waals surface area contributed by atoms with Gasteiger partial charge in [0.15, 0.2) is 5.75 Å². The third-order valence-electron chi connectivity index (χ3n) is 1.89. The van der Waals surface area contributed by atoms with Crippen molar-refractivity contribution < 1.29 is 14.6 Å². The van der Waals surface area contributed by atoms with E-state index in [1.807, 2.05) is 0 Å². The van der Waals surface area contributed by atoms with Crippen LogP contribution in [0.2, 0.25) is 10.0 Å². The van der Waals surface area contributed by atoms with Crippen LogP contribution in [0.15, 0.2) is 18.3 Å². The number of fused-ring (bicyclic) bond motifs is 1. The predicted molar refractivity (Wildman–Crippen MR) is 57.0 cm³/mol. The van der Waals surface area contributed by atoms with Crippen LogP contribution in [0.5, 0.6) is 5.75 Å². The van der Waals surface area contributed by atoms with Gasteiger partial charge in [-0.15, -0.1) is 0 Å². The minimum Gasteiger partial charge on any atom is -0.449 e. The maximum atomic E-state index is 10.4. The number of carbonyl (C=O) groups is 1. The summed E-state index contributed by atoms with van der Waals surface area (Å²) >= 11 is 11.8. The van der Waals surface area contributed by atoms with Gasteiger partial charge in [0.25, 0.3) is 0 Å². The first kappa shape index (κ1) is 10.1. The van der Waals surface area contributed by atoms with Crippen molar-refractivity contribution in [1.29, 1.82) is 0 Å². The fourth-order valence-corrected chi connectivity index (χ4v) is 1.89. The Bertz CT molecular complexity index is 535. The van der Waals surface area contributed by atoms with Crippen molar-refractivity contribution >= 4 is 40.3 Å². The number of aromatic amines is 1. The molecule has 0 aliphatic heterocycles. The highest BCUT2D eigenvalue weighted by molar-refractivity contribution is 6.41. The maximum absolute atomic E-state index is 10.4. The monoisotopic (exact) mass is 245 g/mol. The van der Waals surface area contributed by atoms with Gasteiger partial charge in [-0.05, 0) is 12.1 Å². The highest BCUT2D eigenvalue weighted by Gasteiger charge is 2.15. The molecule has 1 aromatic carbocycles. The molecule has 4 nitrogen and oxygen atoms in total. The minimum atomic E-state index is -1.45.